The Morgan fingerprint density at radius 3 is 2.62 bits per heavy atom. The minimum absolute atomic E-state index is 0.123. The van der Waals surface area contributed by atoms with E-state index < -0.39 is 0 Å². The Hall–Kier alpha value is -2.85. The monoisotopic (exact) mass is 342 g/mol. The van der Waals surface area contributed by atoms with E-state index in [1.807, 2.05) is 50.4 Å². The van der Waals surface area contributed by atoms with Gasteiger partial charge in [-0.05, 0) is 44.0 Å². The van der Waals surface area contributed by atoms with Crippen molar-refractivity contribution in [2.75, 3.05) is 6.61 Å². The average Bonchev–Trinajstić information content (AvgIpc) is 2.95. The van der Waals surface area contributed by atoms with E-state index in [0.29, 0.717) is 16.3 Å². The van der Waals surface area contributed by atoms with E-state index in [4.69, 9.17) is 10.00 Å². The van der Waals surface area contributed by atoms with Crippen molar-refractivity contribution < 1.29 is 9.53 Å². The third-order valence-corrected chi connectivity index (χ3v) is 3.96. The van der Waals surface area contributed by atoms with Gasteiger partial charge in [-0.2, -0.15) is 5.26 Å². The maximum atomic E-state index is 11.8. The molecule has 0 saturated carbocycles. The van der Waals surface area contributed by atoms with E-state index in [1.165, 1.54) is 17.5 Å². The van der Waals surface area contributed by atoms with Crippen LogP contribution in [0.5, 0.6) is 5.75 Å². The van der Waals surface area contributed by atoms with E-state index in [1.54, 1.807) is 0 Å². The van der Waals surface area contributed by atoms with E-state index >= 15 is 0 Å². The smallest absolute Gasteiger partial charge is 0.276 e. The van der Waals surface area contributed by atoms with Crippen LogP contribution in [0.2, 0.25) is 0 Å². The number of carbonyl (C=O) groups is 1. The number of nitrogens with zero attached hydrogens (tertiary/aromatic N) is 2. The first-order valence-electron chi connectivity index (χ1n) is 7.26. The molecule has 124 valence electrons. The fourth-order valence-electron chi connectivity index (χ4n) is 2.01. The number of allylic oxidation sites excluding steroid dienone is 1. The number of aromatic nitrogens is 1. The first-order chi connectivity index (χ1) is 11.5. The molecular weight excluding hydrogens is 324 g/mol. The Bertz CT molecular complexity index is 785. The zero-order chi connectivity index (χ0) is 17.5. The van der Waals surface area contributed by atoms with Crippen molar-refractivity contribution in [1.82, 2.24) is 15.8 Å². The van der Waals surface area contributed by atoms with Gasteiger partial charge in [0.1, 0.15) is 22.4 Å². The second-order valence-corrected chi connectivity index (χ2v) is 6.13. The molecule has 2 N–H and O–H groups in total. The van der Waals surface area contributed by atoms with Gasteiger partial charge in [-0.3, -0.25) is 10.2 Å². The normalized spacial score (nSPS) is 10.8. The Labute approximate surface area is 144 Å². The fourth-order valence-corrected chi connectivity index (χ4v) is 2.77. The highest BCUT2D eigenvalue weighted by molar-refractivity contribution is 7.10. The van der Waals surface area contributed by atoms with E-state index in [9.17, 15) is 4.79 Å². The summed E-state index contributed by atoms with van der Waals surface area (Å²) < 4.78 is 5.45. The number of hydrogen-bond donors (Lipinski definition) is 2. The second kappa shape index (κ2) is 8.13. The third-order valence-electron chi connectivity index (χ3n) is 2.96. The lowest BCUT2D eigenvalue weighted by molar-refractivity contribution is -0.123. The quantitative estimate of drug-likeness (QED) is 0.622. The summed E-state index contributed by atoms with van der Waals surface area (Å²) in [4.78, 5) is 16.0. The zero-order valence-corrected chi connectivity index (χ0v) is 14.5. The molecular formula is C17H18N4O2S. The van der Waals surface area contributed by atoms with Gasteiger partial charge in [0.05, 0.1) is 0 Å². The van der Waals surface area contributed by atoms with Crippen molar-refractivity contribution in [2.24, 2.45) is 0 Å². The van der Waals surface area contributed by atoms with Gasteiger partial charge >= 0.3 is 0 Å². The number of benzene rings is 1. The van der Waals surface area contributed by atoms with Gasteiger partial charge in [0.2, 0.25) is 0 Å². The van der Waals surface area contributed by atoms with Crippen molar-refractivity contribution in [3.63, 3.8) is 0 Å². The van der Waals surface area contributed by atoms with Gasteiger partial charge < -0.3 is 10.2 Å². The molecule has 0 saturated heterocycles. The average molecular weight is 342 g/mol. The number of nitriles is 1. The van der Waals surface area contributed by atoms with Crippen LogP contribution >= 0.6 is 11.3 Å². The molecule has 0 aliphatic carbocycles. The topological polar surface area (TPSA) is 87.0 Å². The number of carbonyl (C=O) groups excluding carboxylic acids is 1. The van der Waals surface area contributed by atoms with Crippen molar-refractivity contribution in [2.45, 2.75) is 20.8 Å². The van der Waals surface area contributed by atoms with Crippen LogP contribution in [0.15, 0.2) is 29.8 Å². The number of ether oxygens (including phenoxy) is 1. The number of rotatable bonds is 6. The van der Waals surface area contributed by atoms with Crippen LogP contribution in [0, 0.1) is 32.1 Å². The summed E-state index contributed by atoms with van der Waals surface area (Å²) in [6.45, 7) is 5.67. The Kier molecular flexibility index (Phi) is 5.93. The lowest BCUT2D eigenvalue weighted by Gasteiger charge is -2.09. The highest BCUT2D eigenvalue weighted by Crippen LogP contribution is 2.17. The molecule has 0 bridgehead atoms. The molecule has 0 aliphatic heterocycles. The summed E-state index contributed by atoms with van der Waals surface area (Å²) in [5.74, 6) is 0.298. The predicted molar refractivity (Wildman–Crippen MR) is 93.1 cm³/mol. The molecule has 1 amide bonds. The van der Waals surface area contributed by atoms with Gasteiger partial charge in [-0.1, -0.05) is 6.07 Å². The van der Waals surface area contributed by atoms with Gasteiger partial charge in [0.25, 0.3) is 5.91 Å². The highest BCUT2D eigenvalue weighted by Gasteiger charge is 2.06. The summed E-state index contributed by atoms with van der Waals surface area (Å²) in [5, 5.41) is 11.6. The van der Waals surface area contributed by atoms with Crippen LogP contribution in [-0.2, 0) is 4.79 Å². The number of hydrazine groups is 1. The van der Waals surface area contributed by atoms with Crippen LogP contribution in [0.3, 0.4) is 0 Å². The molecule has 1 aromatic heterocycles. The molecule has 0 spiro atoms. The maximum Gasteiger partial charge on any atom is 0.276 e. The lowest BCUT2D eigenvalue weighted by atomic mass is 10.1. The summed E-state index contributed by atoms with van der Waals surface area (Å²) in [6.07, 6.45) is 1.41. The van der Waals surface area contributed by atoms with Crippen molar-refractivity contribution >= 4 is 22.8 Å². The van der Waals surface area contributed by atoms with Crippen molar-refractivity contribution in [3.8, 4) is 11.8 Å². The molecule has 7 heteroatoms. The minimum Gasteiger partial charge on any atom is -0.484 e. The van der Waals surface area contributed by atoms with Gasteiger partial charge in [-0.15, -0.1) is 11.3 Å². The molecule has 2 rings (SSSR count). The largest absolute Gasteiger partial charge is 0.484 e. The Morgan fingerprint density at radius 2 is 2.04 bits per heavy atom. The summed E-state index contributed by atoms with van der Waals surface area (Å²) >= 11 is 1.37. The van der Waals surface area contributed by atoms with Crippen LogP contribution in [0.1, 0.15) is 21.8 Å². The molecule has 0 unspecified atom stereocenters. The fraction of sp³-hybridized carbons (Fsp3) is 0.235. The molecule has 0 fully saturated rings. The van der Waals surface area contributed by atoms with Crippen LogP contribution < -0.4 is 15.6 Å². The Balaban J connectivity index is 1.84. The number of thiazole rings is 1. The molecule has 0 atom stereocenters. The number of aryl methyl sites for hydroxylation is 3. The van der Waals surface area contributed by atoms with Crippen molar-refractivity contribution in [3.05, 3.63) is 51.6 Å². The molecule has 0 aliphatic rings. The van der Waals surface area contributed by atoms with Gasteiger partial charge in [0, 0.05) is 17.3 Å². The highest BCUT2D eigenvalue weighted by atomic mass is 32.1. The first kappa shape index (κ1) is 17.5. The summed E-state index contributed by atoms with van der Waals surface area (Å²) in [6, 6.07) is 7.80. The molecule has 2 aromatic rings. The van der Waals surface area contributed by atoms with Gasteiger partial charge in [0.15, 0.2) is 6.61 Å². The Morgan fingerprint density at radius 1 is 1.33 bits per heavy atom. The first-order valence-corrected chi connectivity index (χ1v) is 8.14. The zero-order valence-electron chi connectivity index (χ0n) is 13.7. The minimum atomic E-state index is -0.349. The summed E-state index contributed by atoms with van der Waals surface area (Å²) in [5.41, 5.74) is 8.41. The van der Waals surface area contributed by atoms with Crippen LogP contribution in [-0.4, -0.2) is 17.5 Å². The second-order valence-electron chi connectivity index (χ2n) is 5.27. The number of hydrogen-bond acceptors (Lipinski definition) is 6. The van der Waals surface area contributed by atoms with Crippen molar-refractivity contribution in [1.29, 1.82) is 5.26 Å². The maximum absolute atomic E-state index is 11.8. The lowest BCUT2D eigenvalue weighted by Crippen LogP contribution is -2.37. The van der Waals surface area contributed by atoms with Crippen LogP contribution in [0.25, 0.3) is 5.57 Å². The third kappa shape index (κ3) is 5.11. The summed E-state index contributed by atoms with van der Waals surface area (Å²) in [7, 11) is 0. The number of amides is 1. The molecule has 1 heterocycles. The van der Waals surface area contributed by atoms with Crippen LogP contribution in [0.4, 0.5) is 0 Å². The predicted octanol–water partition coefficient (Wildman–Crippen LogP) is 2.63. The molecule has 0 radical (unpaired) electrons. The standard InChI is InChI=1S/C17H18N4O2S/c1-11-4-12(2)6-15(5-11)23-9-16(22)21-19-8-14(7-18)17-20-13(3)10-24-17/h4-6,8,10,19H,9H2,1-3H3,(H,21,22)/b14-8+. The van der Waals surface area contributed by atoms with Gasteiger partial charge in [-0.25, -0.2) is 4.98 Å². The molecule has 6 nitrogen and oxygen atoms in total. The molecule has 1 aromatic carbocycles. The SMILES string of the molecule is Cc1cc(C)cc(OCC(=O)NN/C=C(\C#N)c2nc(C)cs2)c1. The molecule has 24 heavy (non-hydrogen) atoms. The number of nitrogens with one attached hydrogen (secondary N) is 2. The van der Waals surface area contributed by atoms with E-state index in [0.717, 1.165) is 16.8 Å². The van der Waals surface area contributed by atoms with E-state index in [2.05, 4.69) is 15.8 Å². The van der Waals surface area contributed by atoms with E-state index in [-0.39, 0.29) is 12.5 Å².